The van der Waals surface area contributed by atoms with Gasteiger partial charge >= 0.3 is 0 Å². The Labute approximate surface area is 82.9 Å². The Balaban J connectivity index is 3.24. The van der Waals surface area contributed by atoms with Crippen LogP contribution in [0.15, 0.2) is 12.1 Å². The second-order valence-electron chi connectivity index (χ2n) is 3.16. The number of nitrogen functional groups attached to an aromatic ring is 1. The number of hydrogen-bond acceptors (Lipinski definition) is 2. The van der Waals surface area contributed by atoms with Crippen molar-refractivity contribution in [1.82, 2.24) is 0 Å². The van der Waals surface area contributed by atoms with Gasteiger partial charge in [0.1, 0.15) is 5.82 Å². The first-order chi connectivity index (χ1) is 6.60. The van der Waals surface area contributed by atoms with Gasteiger partial charge in [0.2, 0.25) is 0 Å². The van der Waals surface area contributed by atoms with Crippen LogP contribution < -0.4 is 5.73 Å². The Morgan fingerprint density at radius 2 is 2.07 bits per heavy atom. The van der Waals surface area contributed by atoms with E-state index in [9.17, 15) is 9.18 Å². The summed E-state index contributed by atoms with van der Waals surface area (Å²) < 4.78 is 13.3. The number of rotatable bonds is 3. The maximum absolute atomic E-state index is 13.3. The molecule has 0 fully saturated rings. The summed E-state index contributed by atoms with van der Waals surface area (Å²) in [6, 6.07) is 2.78. The van der Waals surface area contributed by atoms with Gasteiger partial charge < -0.3 is 5.73 Å². The maximum atomic E-state index is 13.3. The normalized spacial score (nSPS) is 10.2. The van der Waals surface area contributed by atoms with E-state index in [1.165, 1.54) is 6.07 Å². The molecule has 2 nitrogen and oxygen atoms in total. The predicted molar refractivity (Wildman–Crippen MR) is 54.8 cm³/mol. The van der Waals surface area contributed by atoms with Gasteiger partial charge in [0.15, 0.2) is 5.78 Å². The van der Waals surface area contributed by atoms with Crippen LogP contribution in [0.4, 0.5) is 10.1 Å². The summed E-state index contributed by atoms with van der Waals surface area (Å²) in [6.07, 6.45) is 1.01. The maximum Gasteiger partial charge on any atom is 0.165 e. The number of anilines is 1. The first-order valence-electron chi connectivity index (χ1n) is 4.71. The highest BCUT2D eigenvalue weighted by atomic mass is 19.1. The lowest BCUT2D eigenvalue weighted by Gasteiger charge is -2.06. The van der Waals surface area contributed by atoms with E-state index in [-0.39, 0.29) is 11.3 Å². The van der Waals surface area contributed by atoms with Crippen molar-refractivity contribution >= 4 is 11.5 Å². The van der Waals surface area contributed by atoms with Crippen LogP contribution in [-0.4, -0.2) is 5.78 Å². The van der Waals surface area contributed by atoms with Gasteiger partial charge in [-0.2, -0.15) is 0 Å². The van der Waals surface area contributed by atoms with E-state index in [1.54, 1.807) is 13.0 Å². The second-order valence-corrected chi connectivity index (χ2v) is 3.16. The molecule has 1 aromatic carbocycles. The van der Waals surface area contributed by atoms with Gasteiger partial charge in [0.25, 0.3) is 0 Å². The van der Waals surface area contributed by atoms with Gasteiger partial charge in [-0.15, -0.1) is 0 Å². The minimum atomic E-state index is -0.522. The number of carbonyl (C=O) groups excluding carboxylic acids is 1. The van der Waals surface area contributed by atoms with Crippen LogP contribution in [0.2, 0.25) is 0 Å². The van der Waals surface area contributed by atoms with Crippen LogP contribution >= 0.6 is 0 Å². The second kappa shape index (κ2) is 4.22. The van der Waals surface area contributed by atoms with Crippen molar-refractivity contribution in [3.63, 3.8) is 0 Å². The van der Waals surface area contributed by atoms with E-state index in [1.807, 2.05) is 6.92 Å². The van der Waals surface area contributed by atoms with Gasteiger partial charge in [0, 0.05) is 12.1 Å². The average molecular weight is 195 g/mol. The molecule has 76 valence electrons. The molecular weight excluding hydrogens is 181 g/mol. The van der Waals surface area contributed by atoms with Crippen molar-refractivity contribution in [2.45, 2.75) is 26.7 Å². The summed E-state index contributed by atoms with van der Waals surface area (Å²) in [5.74, 6) is -0.705. The SMILES string of the molecule is CCC(=O)c1cc(CC)c(N)cc1F. The smallest absolute Gasteiger partial charge is 0.165 e. The molecule has 0 aliphatic heterocycles. The van der Waals surface area contributed by atoms with E-state index in [0.29, 0.717) is 18.5 Å². The minimum absolute atomic E-state index is 0.151. The molecule has 0 atom stereocenters. The summed E-state index contributed by atoms with van der Waals surface area (Å²) in [6.45, 7) is 3.63. The van der Waals surface area contributed by atoms with Crippen molar-refractivity contribution in [3.05, 3.63) is 29.1 Å². The van der Waals surface area contributed by atoms with Crippen molar-refractivity contribution in [2.75, 3.05) is 5.73 Å². The van der Waals surface area contributed by atoms with Crippen molar-refractivity contribution < 1.29 is 9.18 Å². The highest BCUT2D eigenvalue weighted by Crippen LogP contribution is 2.19. The third-order valence-corrected chi connectivity index (χ3v) is 2.23. The van der Waals surface area contributed by atoms with Crippen LogP contribution in [0.25, 0.3) is 0 Å². The zero-order chi connectivity index (χ0) is 10.7. The zero-order valence-electron chi connectivity index (χ0n) is 8.43. The number of nitrogens with two attached hydrogens (primary N) is 1. The number of hydrogen-bond donors (Lipinski definition) is 1. The lowest BCUT2D eigenvalue weighted by Crippen LogP contribution is -2.04. The fourth-order valence-electron chi connectivity index (χ4n) is 1.34. The van der Waals surface area contributed by atoms with Crippen LogP contribution in [0.3, 0.4) is 0 Å². The fraction of sp³-hybridized carbons (Fsp3) is 0.364. The Morgan fingerprint density at radius 1 is 1.43 bits per heavy atom. The number of ketones is 1. The summed E-state index contributed by atoms with van der Waals surface area (Å²) in [5, 5.41) is 0. The molecule has 0 aromatic heterocycles. The van der Waals surface area contributed by atoms with Crippen LogP contribution in [0.1, 0.15) is 36.2 Å². The Bertz CT molecular complexity index is 361. The number of benzene rings is 1. The van der Waals surface area contributed by atoms with Crippen LogP contribution in [0.5, 0.6) is 0 Å². The molecule has 1 rings (SSSR count). The van der Waals surface area contributed by atoms with Crippen molar-refractivity contribution in [2.24, 2.45) is 0 Å². The van der Waals surface area contributed by atoms with E-state index < -0.39 is 5.82 Å². The van der Waals surface area contributed by atoms with E-state index in [2.05, 4.69) is 0 Å². The fourth-order valence-corrected chi connectivity index (χ4v) is 1.34. The Hall–Kier alpha value is -1.38. The van der Waals surface area contributed by atoms with Gasteiger partial charge in [-0.25, -0.2) is 4.39 Å². The molecule has 3 heteroatoms. The van der Waals surface area contributed by atoms with Crippen molar-refractivity contribution in [1.29, 1.82) is 0 Å². The number of halogens is 1. The summed E-state index contributed by atoms with van der Waals surface area (Å²) in [7, 11) is 0. The van der Waals surface area contributed by atoms with E-state index in [0.717, 1.165) is 5.56 Å². The first-order valence-corrected chi connectivity index (χ1v) is 4.71. The predicted octanol–water partition coefficient (Wildman–Crippen LogP) is 2.56. The van der Waals surface area contributed by atoms with E-state index in [4.69, 9.17) is 5.73 Å². The Morgan fingerprint density at radius 3 is 2.57 bits per heavy atom. The minimum Gasteiger partial charge on any atom is -0.398 e. The third kappa shape index (κ3) is 1.92. The monoisotopic (exact) mass is 195 g/mol. The average Bonchev–Trinajstić information content (AvgIpc) is 2.17. The van der Waals surface area contributed by atoms with Crippen LogP contribution in [0, 0.1) is 5.82 Å². The number of carbonyl (C=O) groups is 1. The molecule has 0 bridgehead atoms. The standard InChI is InChI=1S/C11H14FNO/c1-3-7-5-8(11(14)4-2)9(12)6-10(7)13/h5-6H,3-4,13H2,1-2H3. The highest BCUT2D eigenvalue weighted by Gasteiger charge is 2.12. The first kappa shape index (κ1) is 10.7. The quantitative estimate of drug-likeness (QED) is 0.595. The molecule has 0 aliphatic rings. The number of aryl methyl sites for hydroxylation is 1. The summed E-state index contributed by atoms with van der Waals surface area (Å²) in [4.78, 5) is 11.3. The lowest BCUT2D eigenvalue weighted by atomic mass is 10.0. The van der Waals surface area contributed by atoms with Crippen LogP contribution in [-0.2, 0) is 6.42 Å². The van der Waals surface area contributed by atoms with Gasteiger partial charge in [-0.3, -0.25) is 4.79 Å². The topological polar surface area (TPSA) is 43.1 Å². The zero-order valence-corrected chi connectivity index (χ0v) is 8.43. The molecule has 0 saturated heterocycles. The van der Waals surface area contributed by atoms with Crippen molar-refractivity contribution in [3.8, 4) is 0 Å². The molecule has 0 aliphatic carbocycles. The van der Waals surface area contributed by atoms with Gasteiger partial charge in [-0.1, -0.05) is 13.8 Å². The molecule has 14 heavy (non-hydrogen) atoms. The molecule has 0 saturated carbocycles. The molecule has 1 aromatic rings. The molecule has 2 N–H and O–H groups in total. The third-order valence-electron chi connectivity index (χ3n) is 2.23. The molecule has 0 amide bonds. The highest BCUT2D eigenvalue weighted by molar-refractivity contribution is 5.96. The molecule has 0 spiro atoms. The summed E-state index contributed by atoms with van der Waals surface area (Å²) in [5.41, 5.74) is 6.98. The molecular formula is C11H14FNO. The van der Waals surface area contributed by atoms with Gasteiger partial charge in [-0.05, 0) is 24.1 Å². The molecule has 0 unspecified atom stereocenters. The summed E-state index contributed by atoms with van der Waals surface area (Å²) >= 11 is 0. The van der Waals surface area contributed by atoms with E-state index >= 15 is 0 Å². The Kier molecular flexibility index (Phi) is 3.23. The largest absolute Gasteiger partial charge is 0.398 e. The molecule has 0 heterocycles. The lowest BCUT2D eigenvalue weighted by molar-refractivity contribution is 0.0984. The number of Topliss-reactive ketones (excluding diaryl/α,β-unsaturated/α-hetero) is 1. The van der Waals surface area contributed by atoms with Gasteiger partial charge in [0.05, 0.1) is 5.56 Å². The molecule has 0 radical (unpaired) electrons.